The van der Waals surface area contributed by atoms with E-state index in [9.17, 15) is 18.0 Å². The Kier molecular flexibility index (Phi) is 4.01. The molecule has 3 nitrogen and oxygen atoms in total. The summed E-state index contributed by atoms with van der Waals surface area (Å²) in [5.41, 5.74) is 1.19. The number of nitrogens with zero attached hydrogens (tertiary/aromatic N) is 1. The van der Waals surface area contributed by atoms with Crippen LogP contribution in [0, 0.1) is 5.92 Å². The van der Waals surface area contributed by atoms with Crippen molar-refractivity contribution in [2.45, 2.75) is 51.2 Å². The SMILES string of the molecule is O=C(C1CCCCC1)N1CCc2[nH]c3c(C(F)(F)F)cccc3c2C1. The third-order valence-electron chi connectivity index (χ3n) is 5.58. The number of alkyl halides is 3. The molecule has 0 bridgehead atoms. The molecule has 1 saturated carbocycles. The van der Waals surface area contributed by atoms with Crippen LogP contribution in [0.2, 0.25) is 0 Å². The van der Waals surface area contributed by atoms with Crippen molar-refractivity contribution in [2.24, 2.45) is 5.92 Å². The first kappa shape index (κ1) is 16.5. The Balaban J connectivity index is 1.66. The molecule has 2 aromatic rings. The molecule has 0 atom stereocenters. The zero-order valence-corrected chi connectivity index (χ0v) is 14.0. The standard InChI is InChI=1S/C19H21F3N2O/c20-19(21,22)15-8-4-7-13-14-11-24(10-9-16(14)23-17(13)15)18(25)12-5-2-1-3-6-12/h4,7-8,12,23H,1-3,5-6,9-11H2. The molecule has 2 heterocycles. The van der Waals surface area contributed by atoms with Gasteiger partial charge in [-0.25, -0.2) is 0 Å². The lowest BCUT2D eigenvalue weighted by molar-refractivity contribution is -0.137. The quantitative estimate of drug-likeness (QED) is 0.798. The van der Waals surface area contributed by atoms with Gasteiger partial charge in [0.15, 0.2) is 0 Å². The number of fused-ring (bicyclic) bond motifs is 3. The number of benzene rings is 1. The molecule has 1 aliphatic carbocycles. The van der Waals surface area contributed by atoms with Gasteiger partial charge in [-0.1, -0.05) is 31.4 Å². The minimum atomic E-state index is -4.38. The minimum absolute atomic E-state index is 0.0891. The molecule has 1 aliphatic heterocycles. The van der Waals surface area contributed by atoms with Gasteiger partial charge in [-0.05, 0) is 18.9 Å². The van der Waals surface area contributed by atoms with Crippen LogP contribution < -0.4 is 0 Å². The molecule has 0 spiro atoms. The zero-order valence-electron chi connectivity index (χ0n) is 14.0. The van der Waals surface area contributed by atoms with Crippen molar-refractivity contribution in [2.75, 3.05) is 6.54 Å². The predicted molar refractivity (Wildman–Crippen MR) is 89.0 cm³/mol. The van der Waals surface area contributed by atoms with Gasteiger partial charge in [0.1, 0.15) is 0 Å². The van der Waals surface area contributed by atoms with Gasteiger partial charge in [-0.2, -0.15) is 13.2 Å². The van der Waals surface area contributed by atoms with E-state index in [2.05, 4.69) is 4.98 Å². The van der Waals surface area contributed by atoms with Gasteiger partial charge in [-0.15, -0.1) is 0 Å². The van der Waals surface area contributed by atoms with Crippen LogP contribution in [0.3, 0.4) is 0 Å². The Bertz CT molecular complexity index is 803. The van der Waals surface area contributed by atoms with Crippen molar-refractivity contribution < 1.29 is 18.0 Å². The Morgan fingerprint density at radius 2 is 1.92 bits per heavy atom. The van der Waals surface area contributed by atoms with Crippen molar-refractivity contribution >= 4 is 16.8 Å². The molecular formula is C19H21F3N2O. The van der Waals surface area contributed by atoms with E-state index in [0.717, 1.165) is 43.0 Å². The summed E-state index contributed by atoms with van der Waals surface area (Å²) in [6.07, 6.45) is 1.46. The van der Waals surface area contributed by atoms with Gasteiger partial charge >= 0.3 is 6.18 Å². The number of nitrogens with one attached hydrogen (secondary N) is 1. The van der Waals surface area contributed by atoms with E-state index < -0.39 is 11.7 Å². The third kappa shape index (κ3) is 2.92. The molecule has 0 radical (unpaired) electrons. The highest BCUT2D eigenvalue weighted by Crippen LogP contribution is 2.38. The maximum Gasteiger partial charge on any atom is 0.418 e. The van der Waals surface area contributed by atoms with Crippen LogP contribution in [0.1, 0.15) is 48.9 Å². The summed E-state index contributed by atoms with van der Waals surface area (Å²) in [4.78, 5) is 17.6. The minimum Gasteiger partial charge on any atom is -0.358 e. The Morgan fingerprint density at radius 1 is 1.16 bits per heavy atom. The molecular weight excluding hydrogens is 329 g/mol. The highest BCUT2D eigenvalue weighted by atomic mass is 19.4. The van der Waals surface area contributed by atoms with E-state index in [1.807, 2.05) is 4.90 Å². The van der Waals surface area contributed by atoms with Crippen LogP contribution in [-0.4, -0.2) is 22.3 Å². The second kappa shape index (κ2) is 6.07. The van der Waals surface area contributed by atoms with Gasteiger partial charge in [0.2, 0.25) is 5.91 Å². The van der Waals surface area contributed by atoms with Gasteiger partial charge in [-0.3, -0.25) is 4.79 Å². The van der Waals surface area contributed by atoms with E-state index in [1.54, 1.807) is 6.07 Å². The van der Waals surface area contributed by atoms with Crippen molar-refractivity contribution in [3.05, 3.63) is 35.0 Å². The first-order chi connectivity index (χ1) is 11.9. The maximum atomic E-state index is 13.2. The molecule has 2 aliphatic rings. The lowest BCUT2D eigenvalue weighted by Crippen LogP contribution is -2.40. The highest BCUT2D eigenvalue weighted by Gasteiger charge is 2.35. The number of hydrogen-bond donors (Lipinski definition) is 1. The second-order valence-corrected chi connectivity index (χ2v) is 7.15. The van der Waals surface area contributed by atoms with E-state index in [0.29, 0.717) is 24.9 Å². The topological polar surface area (TPSA) is 36.1 Å². The first-order valence-electron chi connectivity index (χ1n) is 8.93. The molecule has 4 rings (SSSR count). The number of H-pyrrole nitrogens is 1. The fourth-order valence-electron chi connectivity index (χ4n) is 4.27. The number of hydrogen-bond acceptors (Lipinski definition) is 1. The average Bonchev–Trinajstić information content (AvgIpc) is 2.98. The summed E-state index contributed by atoms with van der Waals surface area (Å²) >= 11 is 0. The van der Waals surface area contributed by atoms with Crippen molar-refractivity contribution in [1.29, 1.82) is 0 Å². The van der Waals surface area contributed by atoms with E-state index in [-0.39, 0.29) is 17.3 Å². The fourth-order valence-corrected chi connectivity index (χ4v) is 4.27. The molecule has 1 aromatic heterocycles. The summed E-state index contributed by atoms with van der Waals surface area (Å²) in [7, 11) is 0. The molecule has 1 N–H and O–H groups in total. The monoisotopic (exact) mass is 350 g/mol. The average molecular weight is 350 g/mol. The molecule has 134 valence electrons. The second-order valence-electron chi connectivity index (χ2n) is 7.15. The van der Waals surface area contributed by atoms with Crippen molar-refractivity contribution in [3.63, 3.8) is 0 Å². The molecule has 1 aromatic carbocycles. The molecule has 6 heteroatoms. The highest BCUT2D eigenvalue weighted by molar-refractivity contribution is 5.89. The molecule has 0 unspecified atom stereocenters. The predicted octanol–water partition coefficient (Wildman–Crippen LogP) is 4.65. The smallest absolute Gasteiger partial charge is 0.358 e. The van der Waals surface area contributed by atoms with Crippen molar-refractivity contribution in [1.82, 2.24) is 9.88 Å². The summed E-state index contributed by atoms with van der Waals surface area (Å²) in [5.74, 6) is 0.262. The lowest BCUT2D eigenvalue weighted by Gasteiger charge is -2.32. The molecule has 1 amide bonds. The molecule has 25 heavy (non-hydrogen) atoms. The van der Waals surface area contributed by atoms with Crippen LogP contribution >= 0.6 is 0 Å². The van der Waals surface area contributed by atoms with Crippen molar-refractivity contribution in [3.8, 4) is 0 Å². The number of rotatable bonds is 1. The number of aromatic amines is 1. The van der Waals surface area contributed by atoms with Crippen LogP contribution in [0.4, 0.5) is 13.2 Å². The number of halogens is 3. The van der Waals surface area contributed by atoms with Crippen LogP contribution in [0.15, 0.2) is 18.2 Å². The Hall–Kier alpha value is -1.98. The largest absolute Gasteiger partial charge is 0.418 e. The maximum absolute atomic E-state index is 13.2. The fraction of sp³-hybridized carbons (Fsp3) is 0.526. The van der Waals surface area contributed by atoms with Crippen LogP contribution in [0.5, 0.6) is 0 Å². The normalized spacial score (nSPS) is 19.2. The van der Waals surface area contributed by atoms with Gasteiger partial charge in [0.25, 0.3) is 0 Å². The van der Waals surface area contributed by atoms with Gasteiger partial charge < -0.3 is 9.88 Å². The number of carbonyl (C=O) groups excluding carboxylic acids is 1. The Morgan fingerprint density at radius 3 is 2.64 bits per heavy atom. The van der Waals surface area contributed by atoms with Gasteiger partial charge in [0, 0.05) is 42.1 Å². The molecule has 0 saturated heterocycles. The van der Waals surface area contributed by atoms with Crippen LogP contribution in [0.25, 0.3) is 10.9 Å². The van der Waals surface area contributed by atoms with E-state index >= 15 is 0 Å². The zero-order chi connectivity index (χ0) is 17.6. The number of aromatic nitrogens is 1. The lowest BCUT2D eigenvalue weighted by atomic mass is 9.87. The third-order valence-corrected chi connectivity index (χ3v) is 5.58. The summed E-state index contributed by atoms with van der Waals surface area (Å²) < 4.78 is 39.7. The molecule has 1 fully saturated rings. The van der Waals surface area contributed by atoms with Crippen LogP contribution in [-0.2, 0) is 23.9 Å². The van der Waals surface area contributed by atoms with E-state index in [4.69, 9.17) is 0 Å². The number of para-hydroxylation sites is 1. The number of carbonyl (C=O) groups is 1. The van der Waals surface area contributed by atoms with E-state index in [1.165, 1.54) is 12.5 Å². The Labute approximate surface area is 144 Å². The van der Waals surface area contributed by atoms with Gasteiger partial charge in [0.05, 0.1) is 11.1 Å². The first-order valence-corrected chi connectivity index (χ1v) is 8.93. The summed E-state index contributed by atoms with van der Waals surface area (Å²) in [6, 6.07) is 4.27. The number of amides is 1. The summed E-state index contributed by atoms with van der Waals surface area (Å²) in [6.45, 7) is 0.989. The summed E-state index contributed by atoms with van der Waals surface area (Å²) in [5, 5.41) is 0.589.